The minimum Gasteiger partial charge on any atom is -0.362 e. The van der Waals surface area contributed by atoms with E-state index in [0.29, 0.717) is 17.5 Å². The van der Waals surface area contributed by atoms with Crippen molar-refractivity contribution in [3.63, 3.8) is 0 Å². The first-order valence-electron chi connectivity index (χ1n) is 6.91. The van der Waals surface area contributed by atoms with E-state index in [2.05, 4.69) is 4.98 Å². The molecule has 3 nitrogen and oxygen atoms in total. The first-order chi connectivity index (χ1) is 11.0. The topological polar surface area (TPSA) is 39.9 Å². The number of rotatable bonds is 5. The molecule has 0 aliphatic carbocycles. The van der Waals surface area contributed by atoms with E-state index >= 15 is 0 Å². The van der Waals surface area contributed by atoms with Crippen molar-refractivity contribution in [3.8, 4) is 6.07 Å². The highest BCUT2D eigenvalue weighted by Crippen LogP contribution is 2.27. The number of hydrogen-bond donors (Lipinski definition) is 0. The quantitative estimate of drug-likeness (QED) is 0.618. The van der Waals surface area contributed by atoms with Crippen molar-refractivity contribution in [2.24, 2.45) is 0 Å². The van der Waals surface area contributed by atoms with Crippen molar-refractivity contribution < 1.29 is 17.6 Å². The van der Waals surface area contributed by atoms with Crippen LogP contribution in [0.2, 0.25) is 0 Å². The van der Waals surface area contributed by atoms with Gasteiger partial charge < -0.3 is 4.90 Å². The highest BCUT2D eigenvalue weighted by atomic mass is 19.2. The third kappa shape index (κ3) is 3.59. The van der Waals surface area contributed by atoms with Crippen LogP contribution in [-0.2, 0) is 6.54 Å². The molecule has 0 bridgehead atoms. The molecule has 120 valence electrons. The van der Waals surface area contributed by atoms with Gasteiger partial charge in [0, 0.05) is 13.1 Å². The van der Waals surface area contributed by atoms with Crippen LogP contribution in [0.4, 0.5) is 23.2 Å². The molecule has 0 unspecified atom stereocenters. The van der Waals surface area contributed by atoms with Crippen LogP contribution >= 0.6 is 0 Å². The lowest BCUT2D eigenvalue weighted by atomic mass is 10.1. The normalized spacial score (nSPS) is 10.4. The van der Waals surface area contributed by atoms with E-state index in [1.807, 2.05) is 6.07 Å². The summed E-state index contributed by atoms with van der Waals surface area (Å²) >= 11 is 0. The summed E-state index contributed by atoms with van der Waals surface area (Å²) in [7, 11) is 0. The minimum absolute atomic E-state index is 0.0380. The molecule has 0 fully saturated rings. The molecule has 0 saturated heterocycles. The molecule has 1 heterocycles. The number of nitriles is 1. The molecule has 2 rings (SSSR count). The molecule has 1 aromatic carbocycles. The van der Waals surface area contributed by atoms with E-state index in [-0.39, 0.29) is 13.1 Å². The van der Waals surface area contributed by atoms with Gasteiger partial charge in [0.1, 0.15) is 5.69 Å². The Morgan fingerprint density at radius 1 is 1.04 bits per heavy atom. The number of anilines is 1. The fourth-order valence-corrected chi connectivity index (χ4v) is 2.20. The molecule has 0 radical (unpaired) electrons. The van der Waals surface area contributed by atoms with E-state index in [9.17, 15) is 17.6 Å². The fourth-order valence-electron chi connectivity index (χ4n) is 2.20. The second-order valence-electron chi connectivity index (χ2n) is 4.90. The maximum absolute atomic E-state index is 13.9. The zero-order valence-electron chi connectivity index (χ0n) is 12.3. The largest absolute Gasteiger partial charge is 0.362 e. The highest BCUT2D eigenvalue weighted by molar-refractivity contribution is 5.49. The lowest BCUT2D eigenvalue weighted by molar-refractivity contribution is 0.405. The van der Waals surface area contributed by atoms with Crippen LogP contribution in [0.5, 0.6) is 0 Å². The van der Waals surface area contributed by atoms with E-state index in [4.69, 9.17) is 5.26 Å². The van der Waals surface area contributed by atoms with Gasteiger partial charge in [-0.15, -0.1) is 0 Å². The van der Waals surface area contributed by atoms with E-state index in [0.717, 1.165) is 0 Å². The van der Waals surface area contributed by atoms with Gasteiger partial charge in [-0.2, -0.15) is 27.8 Å². The maximum atomic E-state index is 13.9. The summed E-state index contributed by atoms with van der Waals surface area (Å²) in [6.07, 6.45) is 0.515. The van der Waals surface area contributed by atoms with Gasteiger partial charge in [-0.25, -0.2) is 0 Å². The van der Waals surface area contributed by atoms with Crippen molar-refractivity contribution in [1.82, 2.24) is 4.98 Å². The Morgan fingerprint density at radius 3 is 2.09 bits per heavy atom. The zero-order chi connectivity index (χ0) is 17.0. The molecule has 0 amide bonds. The Morgan fingerprint density at radius 2 is 1.61 bits per heavy atom. The summed E-state index contributed by atoms with van der Waals surface area (Å²) in [5.41, 5.74) is 0.309. The standard InChI is InChI=1S/C16H13F4N3/c1-2-7-23(9-11-5-3-10(8-21)4-6-11)14-12(17)15(19)22-16(20)13(14)18/h3-6H,2,7,9H2,1H3. The molecule has 1 aromatic heterocycles. The van der Waals surface area contributed by atoms with Crippen LogP contribution in [-0.4, -0.2) is 11.5 Å². The van der Waals surface area contributed by atoms with Gasteiger partial charge in [-0.05, 0) is 24.1 Å². The molecule has 0 saturated carbocycles. The molecule has 0 aliphatic rings. The van der Waals surface area contributed by atoms with Gasteiger partial charge in [0.25, 0.3) is 11.9 Å². The molecular weight excluding hydrogens is 310 g/mol. The summed E-state index contributed by atoms with van der Waals surface area (Å²) in [5, 5.41) is 8.76. The van der Waals surface area contributed by atoms with Crippen LogP contribution in [0.1, 0.15) is 24.5 Å². The van der Waals surface area contributed by atoms with Gasteiger partial charge >= 0.3 is 0 Å². The van der Waals surface area contributed by atoms with Crippen LogP contribution < -0.4 is 4.90 Å². The average Bonchev–Trinajstić information content (AvgIpc) is 2.54. The lowest BCUT2D eigenvalue weighted by Crippen LogP contribution is -2.27. The van der Waals surface area contributed by atoms with Crippen molar-refractivity contribution in [2.45, 2.75) is 19.9 Å². The first-order valence-corrected chi connectivity index (χ1v) is 6.91. The summed E-state index contributed by atoms with van der Waals surface area (Å²) < 4.78 is 54.4. The fraction of sp³-hybridized carbons (Fsp3) is 0.250. The SMILES string of the molecule is CCCN(Cc1ccc(C#N)cc1)c1c(F)c(F)nc(F)c1F. The van der Waals surface area contributed by atoms with Gasteiger partial charge in [0.05, 0.1) is 11.6 Å². The number of pyridine rings is 1. The minimum atomic E-state index is -1.68. The predicted molar refractivity (Wildman–Crippen MR) is 76.6 cm³/mol. The number of nitrogens with zero attached hydrogens (tertiary/aromatic N) is 3. The Labute approximate surface area is 130 Å². The monoisotopic (exact) mass is 323 g/mol. The smallest absolute Gasteiger partial charge is 0.253 e. The van der Waals surface area contributed by atoms with Crippen molar-refractivity contribution in [2.75, 3.05) is 11.4 Å². The number of hydrogen-bond acceptors (Lipinski definition) is 3. The summed E-state index contributed by atoms with van der Waals surface area (Å²) in [4.78, 5) is 3.77. The van der Waals surface area contributed by atoms with Crippen molar-refractivity contribution in [3.05, 3.63) is 58.9 Å². The van der Waals surface area contributed by atoms with Gasteiger partial charge in [0.15, 0.2) is 0 Å². The Hall–Kier alpha value is -2.62. The molecule has 0 atom stereocenters. The van der Waals surface area contributed by atoms with Gasteiger partial charge in [-0.1, -0.05) is 19.1 Å². The van der Waals surface area contributed by atoms with Crippen LogP contribution in [0.3, 0.4) is 0 Å². The second kappa shape index (κ2) is 7.09. The number of aromatic nitrogens is 1. The first kappa shape index (κ1) is 16.7. The Balaban J connectivity index is 2.40. The molecule has 0 aliphatic heterocycles. The molecule has 7 heteroatoms. The van der Waals surface area contributed by atoms with Crippen LogP contribution in [0, 0.1) is 34.9 Å². The molecular formula is C16H13F4N3. The third-order valence-corrected chi connectivity index (χ3v) is 3.24. The van der Waals surface area contributed by atoms with E-state index in [1.54, 1.807) is 31.2 Å². The van der Waals surface area contributed by atoms with Crippen molar-refractivity contribution in [1.29, 1.82) is 5.26 Å². The predicted octanol–water partition coefficient (Wildman–Crippen LogP) is 3.93. The van der Waals surface area contributed by atoms with E-state index in [1.165, 1.54) is 4.90 Å². The number of benzene rings is 1. The van der Waals surface area contributed by atoms with Crippen LogP contribution in [0.15, 0.2) is 24.3 Å². The summed E-state index contributed by atoms with van der Waals surface area (Å²) in [6.45, 7) is 2.00. The molecule has 2 aromatic rings. The highest BCUT2D eigenvalue weighted by Gasteiger charge is 2.25. The molecule has 23 heavy (non-hydrogen) atoms. The van der Waals surface area contributed by atoms with Gasteiger partial charge in [0.2, 0.25) is 11.6 Å². The average molecular weight is 323 g/mol. The Bertz CT molecular complexity index is 712. The second-order valence-corrected chi connectivity index (χ2v) is 4.90. The van der Waals surface area contributed by atoms with Gasteiger partial charge in [-0.3, -0.25) is 0 Å². The molecule has 0 spiro atoms. The summed E-state index contributed by atoms with van der Waals surface area (Å²) in [5.74, 6) is -6.41. The summed E-state index contributed by atoms with van der Waals surface area (Å²) in [6, 6.07) is 8.30. The Kier molecular flexibility index (Phi) is 5.16. The third-order valence-electron chi connectivity index (χ3n) is 3.24. The number of halogens is 4. The van der Waals surface area contributed by atoms with E-state index < -0.39 is 29.2 Å². The lowest BCUT2D eigenvalue weighted by Gasteiger charge is -2.25. The van der Waals surface area contributed by atoms with Crippen molar-refractivity contribution >= 4 is 5.69 Å². The molecule has 0 N–H and O–H groups in total. The maximum Gasteiger partial charge on any atom is 0.253 e. The van der Waals surface area contributed by atoms with Crippen LogP contribution in [0.25, 0.3) is 0 Å². The zero-order valence-corrected chi connectivity index (χ0v) is 12.3.